The number of nitrogens with zero attached hydrogens (tertiary/aromatic N) is 2. The molecule has 0 aliphatic rings. The molecule has 0 saturated heterocycles. The summed E-state index contributed by atoms with van der Waals surface area (Å²) in [4.78, 5) is 6.96. The predicted molar refractivity (Wildman–Crippen MR) is 79.0 cm³/mol. The van der Waals surface area contributed by atoms with Gasteiger partial charge in [-0.25, -0.2) is 0 Å². The molecular formula is C15H27N3O. The van der Waals surface area contributed by atoms with Gasteiger partial charge in [-0.3, -0.25) is 9.88 Å². The highest BCUT2D eigenvalue weighted by Gasteiger charge is 2.12. The molecule has 0 aliphatic carbocycles. The molecule has 0 bridgehead atoms. The summed E-state index contributed by atoms with van der Waals surface area (Å²) in [6.45, 7) is 7.94. The average molecular weight is 265 g/mol. The first-order valence-electron chi connectivity index (χ1n) is 7.02. The lowest BCUT2D eigenvalue weighted by Crippen LogP contribution is -2.35. The maximum absolute atomic E-state index is 5.19. The fourth-order valence-corrected chi connectivity index (χ4v) is 1.99. The van der Waals surface area contributed by atoms with Gasteiger partial charge in [-0.2, -0.15) is 0 Å². The number of hydrogen-bond donors (Lipinski definition) is 1. The summed E-state index contributed by atoms with van der Waals surface area (Å²) in [6.07, 6.45) is 3.10. The number of nitrogens with one attached hydrogen (secondary N) is 1. The van der Waals surface area contributed by atoms with E-state index < -0.39 is 0 Å². The van der Waals surface area contributed by atoms with Crippen LogP contribution in [0.25, 0.3) is 0 Å². The SMILES string of the molecule is CCC(C)N(CCOC)Cc1ccc(CNC)cn1. The molecule has 0 saturated carbocycles. The molecule has 1 N–H and O–H groups in total. The van der Waals surface area contributed by atoms with Gasteiger partial charge in [0.25, 0.3) is 0 Å². The minimum absolute atomic E-state index is 0.550. The first kappa shape index (κ1) is 16.1. The van der Waals surface area contributed by atoms with Crippen molar-refractivity contribution in [3.63, 3.8) is 0 Å². The molecule has 4 heteroatoms. The molecule has 0 spiro atoms. The molecule has 0 aliphatic heterocycles. The Kier molecular flexibility index (Phi) is 7.63. The van der Waals surface area contributed by atoms with E-state index in [1.807, 2.05) is 13.2 Å². The van der Waals surface area contributed by atoms with E-state index in [-0.39, 0.29) is 0 Å². The predicted octanol–water partition coefficient (Wildman–Crippen LogP) is 2.05. The molecule has 1 aromatic heterocycles. The largest absolute Gasteiger partial charge is 0.383 e. The molecule has 1 unspecified atom stereocenters. The Morgan fingerprint density at radius 1 is 1.42 bits per heavy atom. The van der Waals surface area contributed by atoms with Crippen LogP contribution in [0.5, 0.6) is 0 Å². The minimum Gasteiger partial charge on any atom is -0.383 e. The van der Waals surface area contributed by atoms with E-state index in [2.05, 4.69) is 41.2 Å². The third-order valence-corrected chi connectivity index (χ3v) is 3.43. The molecule has 1 heterocycles. The van der Waals surface area contributed by atoms with E-state index >= 15 is 0 Å². The van der Waals surface area contributed by atoms with Crippen molar-refractivity contribution < 1.29 is 4.74 Å². The van der Waals surface area contributed by atoms with Crippen molar-refractivity contribution >= 4 is 0 Å². The summed E-state index contributed by atoms with van der Waals surface area (Å²) in [6, 6.07) is 4.81. The van der Waals surface area contributed by atoms with Crippen molar-refractivity contribution in [3.05, 3.63) is 29.6 Å². The van der Waals surface area contributed by atoms with Gasteiger partial charge < -0.3 is 10.1 Å². The first-order valence-corrected chi connectivity index (χ1v) is 7.02. The van der Waals surface area contributed by atoms with Crippen LogP contribution in [0, 0.1) is 0 Å². The van der Waals surface area contributed by atoms with E-state index in [0.717, 1.165) is 38.4 Å². The second-order valence-electron chi connectivity index (χ2n) is 4.91. The van der Waals surface area contributed by atoms with Crippen LogP contribution in [0.4, 0.5) is 0 Å². The summed E-state index contributed by atoms with van der Waals surface area (Å²) in [5, 5.41) is 3.13. The molecule has 1 rings (SSSR count). The number of ether oxygens (including phenoxy) is 1. The van der Waals surface area contributed by atoms with Gasteiger partial charge in [0.2, 0.25) is 0 Å². The van der Waals surface area contributed by atoms with Crippen LogP contribution in [0.15, 0.2) is 18.3 Å². The maximum Gasteiger partial charge on any atom is 0.0589 e. The highest BCUT2D eigenvalue weighted by atomic mass is 16.5. The standard InChI is InChI=1S/C15H27N3O/c1-5-13(2)18(8-9-19-4)12-15-7-6-14(10-16-3)11-17-15/h6-7,11,13,16H,5,8-10,12H2,1-4H3. The van der Waals surface area contributed by atoms with E-state index in [4.69, 9.17) is 4.74 Å². The van der Waals surface area contributed by atoms with Gasteiger partial charge in [0.05, 0.1) is 12.3 Å². The Balaban J connectivity index is 2.61. The smallest absolute Gasteiger partial charge is 0.0589 e. The van der Waals surface area contributed by atoms with Crippen LogP contribution < -0.4 is 5.32 Å². The monoisotopic (exact) mass is 265 g/mol. The Labute approximate surface area is 117 Å². The summed E-state index contributed by atoms with van der Waals surface area (Å²) >= 11 is 0. The molecular weight excluding hydrogens is 238 g/mol. The van der Waals surface area contributed by atoms with Crippen molar-refractivity contribution in [2.24, 2.45) is 0 Å². The molecule has 19 heavy (non-hydrogen) atoms. The highest BCUT2D eigenvalue weighted by molar-refractivity contribution is 5.14. The topological polar surface area (TPSA) is 37.4 Å². The maximum atomic E-state index is 5.19. The molecule has 1 aromatic rings. The van der Waals surface area contributed by atoms with Gasteiger partial charge in [0.15, 0.2) is 0 Å². The summed E-state index contributed by atoms with van der Waals surface area (Å²) in [7, 11) is 3.70. The molecule has 0 aromatic carbocycles. The Bertz CT molecular complexity index is 340. The van der Waals surface area contributed by atoms with Crippen molar-refractivity contribution in [1.82, 2.24) is 15.2 Å². The normalized spacial score (nSPS) is 12.9. The minimum atomic E-state index is 0.550. The number of aromatic nitrogens is 1. The second kappa shape index (κ2) is 9.02. The van der Waals surface area contributed by atoms with Gasteiger partial charge in [0, 0.05) is 39.0 Å². The van der Waals surface area contributed by atoms with Crippen LogP contribution in [0.1, 0.15) is 31.5 Å². The third-order valence-electron chi connectivity index (χ3n) is 3.43. The van der Waals surface area contributed by atoms with Gasteiger partial charge in [0.1, 0.15) is 0 Å². The lowest BCUT2D eigenvalue weighted by molar-refractivity contribution is 0.117. The van der Waals surface area contributed by atoms with Crippen LogP contribution in [-0.2, 0) is 17.8 Å². The van der Waals surface area contributed by atoms with Crippen molar-refractivity contribution in [3.8, 4) is 0 Å². The number of hydrogen-bond acceptors (Lipinski definition) is 4. The third kappa shape index (κ3) is 5.68. The molecule has 1 atom stereocenters. The molecule has 0 amide bonds. The molecule has 0 fully saturated rings. The molecule has 0 radical (unpaired) electrons. The zero-order chi connectivity index (χ0) is 14.1. The van der Waals surface area contributed by atoms with Gasteiger partial charge in [-0.1, -0.05) is 13.0 Å². The Morgan fingerprint density at radius 3 is 2.74 bits per heavy atom. The van der Waals surface area contributed by atoms with Crippen LogP contribution in [-0.4, -0.2) is 43.2 Å². The highest BCUT2D eigenvalue weighted by Crippen LogP contribution is 2.09. The fourth-order valence-electron chi connectivity index (χ4n) is 1.99. The number of rotatable bonds is 9. The van der Waals surface area contributed by atoms with Gasteiger partial charge in [-0.05, 0) is 32.0 Å². The van der Waals surface area contributed by atoms with Crippen molar-refractivity contribution in [2.75, 3.05) is 27.3 Å². The summed E-state index contributed by atoms with van der Waals surface area (Å²) in [5.74, 6) is 0. The first-order chi connectivity index (χ1) is 9.21. The van der Waals surface area contributed by atoms with E-state index in [1.54, 1.807) is 7.11 Å². The fraction of sp³-hybridized carbons (Fsp3) is 0.667. The zero-order valence-electron chi connectivity index (χ0n) is 12.6. The quantitative estimate of drug-likeness (QED) is 0.741. The van der Waals surface area contributed by atoms with E-state index in [1.165, 1.54) is 5.56 Å². The van der Waals surface area contributed by atoms with Crippen molar-refractivity contribution in [1.29, 1.82) is 0 Å². The molecule has 4 nitrogen and oxygen atoms in total. The van der Waals surface area contributed by atoms with Crippen molar-refractivity contribution in [2.45, 2.75) is 39.4 Å². The Hall–Kier alpha value is -0.970. The number of pyridine rings is 1. The van der Waals surface area contributed by atoms with Crippen LogP contribution >= 0.6 is 0 Å². The lowest BCUT2D eigenvalue weighted by Gasteiger charge is -2.27. The number of methoxy groups -OCH3 is 1. The Morgan fingerprint density at radius 2 is 2.21 bits per heavy atom. The van der Waals surface area contributed by atoms with E-state index in [9.17, 15) is 0 Å². The van der Waals surface area contributed by atoms with Gasteiger partial charge >= 0.3 is 0 Å². The lowest BCUT2D eigenvalue weighted by atomic mass is 10.2. The zero-order valence-corrected chi connectivity index (χ0v) is 12.6. The van der Waals surface area contributed by atoms with Gasteiger partial charge in [-0.15, -0.1) is 0 Å². The summed E-state index contributed by atoms with van der Waals surface area (Å²) < 4.78 is 5.19. The van der Waals surface area contributed by atoms with Crippen LogP contribution in [0.2, 0.25) is 0 Å². The molecule has 108 valence electrons. The average Bonchev–Trinajstić information content (AvgIpc) is 2.44. The second-order valence-corrected chi connectivity index (χ2v) is 4.91. The van der Waals surface area contributed by atoms with Crippen LogP contribution in [0.3, 0.4) is 0 Å². The van der Waals surface area contributed by atoms with E-state index in [0.29, 0.717) is 6.04 Å². The summed E-state index contributed by atoms with van der Waals surface area (Å²) in [5.41, 5.74) is 2.34.